The van der Waals surface area contributed by atoms with Crippen LogP contribution in [0, 0.1) is 5.92 Å². The Labute approximate surface area is 149 Å². The normalized spacial score (nSPS) is 17.7. The number of ketones is 1. The fourth-order valence-corrected chi connectivity index (χ4v) is 3.58. The highest BCUT2D eigenvalue weighted by Crippen LogP contribution is 2.21. The average Bonchev–Trinajstić information content (AvgIpc) is 2.89. The maximum Gasteiger partial charge on any atom is 0.225 e. The number of para-hydroxylation sites is 1. The number of fused-ring (bicyclic) bond motifs is 1. The maximum absolute atomic E-state index is 13.0. The molecule has 134 valence electrons. The lowest BCUT2D eigenvalue weighted by Gasteiger charge is -2.27. The van der Waals surface area contributed by atoms with Gasteiger partial charge in [-0.1, -0.05) is 32.0 Å². The molecule has 1 aliphatic heterocycles. The first-order valence-corrected chi connectivity index (χ1v) is 9.12. The third-order valence-electron chi connectivity index (χ3n) is 5.12. The van der Waals surface area contributed by atoms with Crippen LogP contribution < -0.4 is 0 Å². The highest BCUT2D eigenvalue weighted by Gasteiger charge is 2.28. The van der Waals surface area contributed by atoms with Gasteiger partial charge in [0.25, 0.3) is 0 Å². The van der Waals surface area contributed by atoms with Gasteiger partial charge in [0.05, 0.1) is 6.04 Å². The van der Waals surface area contributed by atoms with Gasteiger partial charge in [0.2, 0.25) is 5.91 Å². The number of nitrogens with one attached hydrogen (secondary N) is 1. The molecule has 1 amide bonds. The molecule has 0 radical (unpaired) electrons. The molecule has 2 aromatic rings. The van der Waals surface area contributed by atoms with Crippen LogP contribution in [0.2, 0.25) is 0 Å². The monoisotopic (exact) mass is 341 g/mol. The largest absolute Gasteiger partial charge is 0.360 e. The van der Waals surface area contributed by atoms with E-state index in [-0.39, 0.29) is 23.7 Å². The van der Waals surface area contributed by atoms with Crippen LogP contribution in [0.4, 0.5) is 0 Å². The lowest BCUT2D eigenvalue weighted by molar-refractivity contribution is -0.134. The number of benzene rings is 1. The number of aromatic nitrogens is 1. The highest BCUT2D eigenvalue weighted by molar-refractivity contribution is 6.10. The van der Waals surface area contributed by atoms with Gasteiger partial charge in [0, 0.05) is 54.8 Å². The molecule has 1 N–H and O–H groups in total. The minimum Gasteiger partial charge on any atom is -0.360 e. The van der Waals surface area contributed by atoms with Crippen LogP contribution in [0.5, 0.6) is 0 Å². The molecule has 2 heterocycles. The fourth-order valence-electron chi connectivity index (χ4n) is 3.58. The number of hydrogen-bond acceptors (Lipinski definition) is 3. The Kier molecular flexibility index (Phi) is 5.23. The molecule has 0 spiro atoms. The van der Waals surface area contributed by atoms with E-state index in [1.165, 1.54) is 0 Å². The number of carbonyl (C=O) groups is 2. The molecular formula is C20H27N3O2. The highest BCUT2D eigenvalue weighted by atomic mass is 16.2. The van der Waals surface area contributed by atoms with Crippen molar-refractivity contribution in [2.75, 3.05) is 26.2 Å². The van der Waals surface area contributed by atoms with Gasteiger partial charge >= 0.3 is 0 Å². The summed E-state index contributed by atoms with van der Waals surface area (Å²) in [6, 6.07) is 7.70. The standard InChI is InChI=1S/C20H27N3O2/c1-14(2)20(25)23-10-6-9-22(11-12-23)15(3)19(24)17-13-21-18-8-5-4-7-16(17)18/h4-5,7-8,13-15,21H,6,9-12H2,1-3H3/t15-/m0/s1. The molecule has 0 unspecified atom stereocenters. The first-order chi connectivity index (χ1) is 12.0. The van der Waals surface area contributed by atoms with Crippen molar-refractivity contribution in [3.63, 3.8) is 0 Å². The summed E-state index contributed by atoms with van der Waals surface area (Å²) in [5.74, 6) is 0.371. The predicted octanol–water partition coefficient (Wildman–Crippen LogP) is 2.93. The Morgan fingerprint density at radius 3 is 2.56 bits per heavy atom. The summed E-state index contributed by atoms with van der Waals surface area (Å²) in [5, 5.41) is 0.978. The Bertz CT molecular complexity index is 765. The number of H-pyrrole nitrogens is 1. The van der Waals surface area contributed by atoms with Crippen molar-refractivity contribution in [3.05, 3.63) is 36.0 Å². The van der Waals surface area contributed by atoms with E-state index in [4.69, 9.17) is 0 Å². The van der Waals surface area contributed by atoms with Crippen molar-refractivity contribution >= 4 is 22.6 Å². The van der Waals surface area contributed by atoms with Gasteiger partial charge in [0.15, 0.2) is 5.78 Å². The van der Waals surface area contributed by atoms with Gasteiger partial charge in [-0.15, -0.1) is 0 Å². The summed E-state index contributed by atoms with van der Waals surface area (Å²) in [4.78, 5) is 32.6. The van der Waals surface area contributed by atoms with Gasteiger partial charge in [-0.05, 0) is 19.4 Å². The van der Waals surface area contributed by atoms with Crippen molar-refractivity contribution in [1.82, 2.24) is 14.8 Å². The van der Waals surface area contributed by atoms with Gasteiger partial charge < -0.3 is 9.88 Å². The molecule has 5 heteroatoms. The summed E-state index contributed by atoms with van der Waals surface area (Å²) >= 11 is 0. The summed E-state index contributed by atoms with van der Waals surface area (Å²) in [7, 11) is 0. The maximum atomic E-state index is 13.0. The number of carbonyl (C=O) groups excluding carboxylic acids is 2. The number of Topliss-reactive ketones (excluding diaryl/α,β-unsaturated/α-hetero) is 1. The van der Waals surface area contributed by atoms with Crippen molar-refractivity contribution in [1.29, 1.82) is 0 Å². The summed E-state index contributed by atoms with van der Waals surface area (Å²) in [6.45, 7) is 8.92. The van der Waals surface area contributed by atoms with E-state index in [0.29, 0.717) is 6.54 Å². The smallest absolute Gasteiger partial charge is 0.225 e. The number of nitrogens with zero attached hydrogens (tertiary/aromatic N) is 2. The molecule has 1 aromatic carbocycles. The van der Waals surface area contributed by atoms with Gasteiger partial charge in [-0.3, -0.25) is 14.5 Å². The second-order valence-electron chi connectivity index (χ2n) is 7.16. The molecule has 0 saturated carbocycles. The molecule has 0 bridgehead atoms. The van der Waals surface area contributed by atoms with E-state index in [2.05, 4.69) is 9.88 Å². The number of aromatic amines is 1. The lowest BCUT2D eigenvalue weighted by atomic mass is 10.0. The third-order valence-corrected chi connectivity index (χ3v) is 5.12. The molecule has 1 fully saturated rings. The molecule has 0 aliphatic carbocycles. The molecule has 1 atom stereocenters. The van der Waals surface area contributed by atoms with Crippen molar-refractivity contribution in [2.45, 2.75) is 33.2 Å². The van der Waals surface area contributed by atoms with E-state index < -0.39 is 0 Å². The van der Waals surface area contributed by atoms with E-state index in [9.17, 15) is 9.59 Å². The van der Waals surface area contributed by atoms with Crippen LogP contribution in [-0.4, -0.2) is 58.7 Å². The Morgan fingerprint density at radius 2 is 1.80 bits per heavy atom. The van der Waals surface area contributed by atoms with Gasteiger partial charge in [-0.2, -0.15) is 0 Å². The molecule has 1 aromatic heterocycles. The molecule has 1 aliphatic rings. The average molecular weight is 341 g/mol. The van der Waals surface area contributed by atoms with E-state index in [1.807, 2.05) is 56.1 Å². The zero-order valence-corrected chi connectivity index (χ0v) is 15.3. The minimum atomic E-state index is -0.187. The van der Waals surface area contributed by atoms with E-state index in [1.54, 1.807) is 0 Å². The first kappa shape index (κ1) is 17.7. The summed E-state index contributed by atoms with van der Waals surface area (Å²) < 4.78 is 0. The van der Waals surface area contributed by atoms with E-state index in [0.717, 1.165) is 42.5 Å². The molecule has 25 heavy (non-hydrogen) atoms. The quantitative estimate of drug-likeness (QED) is 0.870. The van der Waals surface area contributed by atoms with Crippen LogP contribution in [0.25, 0.3) is 10.9 Å². The van der Waals surface area contributed by atoms with Gasteiger partial charge in [0.1, 0.15) is 0 Å². The Morgan fingerprint density at radius 1 is 1.04 bits per heavy atom. The van der Waals surface area contributed by atoms with Crippen LogP contribution in [0.3, 0.4) is 0 Å². The van der Waals surface area contributed by atoms with Crippen molar-refractivity contribution in [2.24, 2.45) is 5.92 Å². The van der Waals surface area contributed by atoms with Crippen LogP contribution in [0.1, 0.15) is 37.6 Å². The second kappa shape index (κ2) is 7.40. The molecular weight excluding hydrogens is 314 g/mol. The Hall–Kier alpha value is -2.14. The second-order valence-corrected chi connectivity index (χ2v) is 7.16. The van der Waals surface area contributed by atoms with Crippen molar-refractivity contribution in [3.8, 4) is 0 Å². The number of rotatable bonds is 4. The zero-order valence-electron chi connectivity index (χ0n) is 15.3. The predicted molar refractivity (Wildman–Crippen MR) is 99.7 cm³/mol. The zero-order chi connectivity index (χ0) is 18.0. The summed E-state index contributed by atoms with van der Waals surface area (Å²) in [6.07, 6.45) is 2.72. The van der Waals surface area contributed by atoms with Crippen molar-refractivity contribution < 1.29 is 9.59 Å². The number of hydrogen-bond donors (Lipinski definition) is 1. The molecule has 1 saturated heterocycles. The first-order valence-electron chi connectivity index (χ1n) is 9.12. The van der Waals surface area contributed by atoms with Crippen LogP contribution in [-0.2, 0) is 4.79 Å². The lowest BCUT2D eigenvalue weighted by Crippen LogP contribution is -2.42. The topological polar surface area (TPSA) is 56.4 Å². The molecule has 5 nitrogen and oxygen atoms in total. The molecule has 3 rings (SSSR count). The van der Waals surface area contributed by atoms with Crippen LogP contribution in [0.15, 0.2) is 30.5 Å². The van der Waals surface area contributed by atoms with Gasteiger partial charge in [-0.25, -0.2) is 0 Å². The van der Waals surface area contributed by atoms with E-state index >= 15 is 0 Å². The Balaban J connectivity index is 1.71. The minimum absolute atomic E-state index is 0.0248. The number of amides is 1. The third kappa shape index (κ3) is 3.61. The summed E-state index contributed by atoms with van der Waals surface area (Å²) in [5.41, 5.74) is 1.74. The van der Waals surface area contributed by atoms with Crippen LogP contribution >= 0.6 is 0 Å². The fraction of sp³-hybridized carbons (Fsp3) is 0.500. The SMILES string of the molecule is CC(C)C(=O)N1CCCN([C@@H](C)C(=O)c2c[nH]c3ccccc23)CC1.